The van der Waals surface area contributed by atoms with Gasteiger partial charge in [-0.1, -0.05) is 12.1 Å². The van der Waals surface area contributed by atoms with Crippen LogP contribution in [0.2, 0.25) is 0 Å². The predicted molar refractivity (Wildman–Crippen MR) is 103 cm³/mol. The number of benzene rings is 1. The van der Waals surface area contributed by atoms with Gasteiger partial charge in [0.2, 0.25) is 0 Å². The number of hydrogen-bond acceptors (Lipinski definition) is 6. The molecule has 0 saturated carbocycles. The number of fused-ring (bicyclic) bond motifs is 1. The average molecular weight is 390 g/mol. The summed E-state index contributed by atoms with van der Waals surface area (Å²) in [5, 5.41) is 30.0. The van der Waals surface area contributed by atoms with Crippen LogP contribution in [0.15, 0.2) is 18.2 Å². The van der Waals surface area contributed by atoms with E-state index in [4.69, 9.17) is 4.74 Å². The standard InChI is InChI=1S/C21H30N2O5/c24-9-16(10-25)22-8-5-19(26)21(13-22)6-2-7-23(14-21)20(27)17-4-1-3-15-11-28-12-18(15)17/h1,3-4,16,19,24-26H,2,5-14H2/t19-,21-/m0/s1. The molecule has 1 spiro atoms. The van der Waals surface area contributed by atoms with Gasteiger partial charge in [0.15, 0.2) is 0 Å². The van der Waals surface area contributed by atoms with Gasteiger partial charge < -0.3 is 25.0 Å². The second kappa shape index (κ2) is 8.08. The average Bonchev–Trinajstić information content (AvgIpc) is 3.20. The number of amides is 1. The Morgan fingerprint density at radius 1 is 1.21 bits per heavy atom. The second-order valence-corrected chi connectivity index (χ2v) is 8.42. The van der Waals surface area contributed by atoms with Crippen LogP contribution >= 0.6 is 0 Å². The first-order valence-electron chi connectivity index (χ1n) is 10.2. The minimum absolute atomic E-state index is 0.00612. The molecule has 2 saturated heterocycles. The number of ether oxygens (including phenoxy) is 1. The van der Waals surface area contributed by atoms with Gasteiger partial charge in [-0.15, -0.1) is 0 Å². The van der Waals surface area contributed by atoms with E-state index < -0.39 is 11.5 Å². The molecule has 0 unspecified atom stereocenters. The molecule has 1 aromatic rings. The van der Waals surface area contributed by atoms with Crippen LogP contribution in [0.1, 0.15) is 40.7 Å². The SMILES string of the molecule is O=C(c1cccc2c1COC2)N1CCC[C@@]2(C1)CN(C(CO)CO)CC[C@@H]2O. The zero-order valence-corrected chi connectivity index (χ0v) is 16.2. The molecule has 0 bridgehead atoms. The van der Waals surface area contributed by atoms with Crippen molar-refractivity contribution in [2.24, 2.45) is 5.41 Å². The van der Waals surface area contributed by atoms with Gasteiger partial charge in [-0.05, 0) is 36.5 Å². The van der Waals surface area contributed by atoms with Gasteiger partial charge in [0.25, 0.3) is 5.91 Å². The largest absolute Gasteiger partial charge is 0.395 e. The van der Waals surface area contributed by atoms with Gasteiger partial charge in [-0.2, -0.15) is 0 Å². The van der Waals surface area contributed by atoms with E-state index in [1.54, 1.807) is 0 Å². The van der Waals surface area contributed by atoms with E-state index in [2.05, 4.69) is 4.90 Å². The smallest absolute Gasteiger partial charge is 0.254 e. The maximum absolute atomic E-state index is 13.3. The molecular weight excluding hydrogens is 360 g/mol. The summed E-state index contributed by atoms with van der Waals surface area (Å²) in [5.41, 5.74) is 2.36. The van der Waals surface area contributed by atoms with Crippen molar-refractivity contribution in [2.75, 3.05) is 39.4 Å². The number of hydrogen-bond donors (Lipinski definition) is 3. The van der Waals surface area contributed by atoms with E-state index in [0.717, 1.165) is 24.0 Å². The summed E-state index contributed by atoms with van der Waals surface area (Å²) in [6.45, 7) is 3.22. The Balaban J connectivity index is 1.55. The molecule has 1 aromatic carbocycles. The van der Waals surface area contributed by atoms with E-state index in [1.165, 1.54) is 0 Å². The van der Waals surface area contributed by atoms with Crippen molar-refractivity contribution in [1.29, 1.82) is 0 Å². The van der Waals surface area contributed by atoms with E-state index in [1.807, 2.05) is 23.1 Å². The highest BCUT2D eigenvalue weighted by Crippen LogP contribution is 2.40. The number of piperidine rings is 2. The number of likely N-dealkylation sites (tertiary alicyclic amines) is 2. The number of aliphatic hydroxyl groups excluding tert-OH is 3. The molecule has 0 radical (unpaired) electrons. The van der Waals surface area contributed by atoms with E-state index >= 15 is 0 Å². The van der Waals surface area contributed by atoms with Gasteiger partial charge in [-0.3, -0.25) is 9.69 Å². The molecule has 2 atom stereocenters. The van der Waals surface area contributed by atoms with Gasteiger partial charge >= 0.3 is 0 Å². The highest BCUT2D eigenvalue weighted by molar-refractivity contribution is 5.96. The Kier molecular flexibility index (Phi) is 5.71. The molecule has 7 nitrogen and oxygen atoms in total. The topological polar surface area (TPSA) is 93.5 Å². The monoisotopic (exact) mass is 390 g/mol. The van der Waals surface area contributed by atoms with Crippen molar-refractivity contribution >= 4 is 5.91 Å². The zero-order chi connectivity index (χ0) is 19.7. The zero-order valence-electron chi connectivity index (χ0n) is 16.2. The summed E-state index contributed by atoms with van der Waals surface area (Å²) in [6, 6.07) is 5.47. The Hall–Kier alpha value is -1.51. The first kappa shape index (κ1) is 19.8. The fourth-order valence-corrected chi connectivity index (χ4v) is 5.09. The molecule has 154 valence electrons. The van der Waals surface area contributed by atoms with Crippen LogP contribution in [0.3, 0.4) is 0 Å². The Morgan fingerprint density at radius 2 is 2.04 bits per heavy atom. The number of carbonyl (C=O) groups is 1. The molecule has 4 rings (SSSR count). The third-order valence-electron chi connectivity index (χ3n) is 6.76. The first-order chi connectivity index (χ1) is 13.6. The molecule has 0 aromatic heterocycles. The van der Waals surface area contributed by atoms with Gasteiger partial charge in [0, 0.05) is 37.2 Å². The van der Waals surface area contributed by atoms with Crippen LogP contribution in [0.4, 0.5) is 0 Å². The van der Waals surface area contributed by atoms with E-state index in [0.29, 0.717) is 51.4 Å². The summed E-state index contributed by atoms with van der Waals surface area (Å²) in [5.74, 6) is 0.00612. The molecule has 3 heterocycles. The molecule has 1 amide bonds. The molecule has 7 heteroatoms. The lowest BCUT2D eigenvalue weighted by atomic mass is 9.71. The van der Waals surface area contributed by atoms with Crippen molar-refractivity contribution in [3.63, 3.8) is 0 Å². The first-order valence-corrected chi connectivity index (χ1v) is 10.2. The summed E-state index contributed by atoms with van der Waals surface area (Å²) in [4.78, 5) is 17.3. The van der Waals surface area contributed by atoms with Crippen LogP contribution in [0, 0.1) is 5.41 Å². The van der Waals surface area contributed by atoms with Crippen molar-refractivity contribution in [3.8, 4) is 0 Å². The number of rotatable bonds is 4. The lowest BCUT2D eigenvalue weighted by Gasteiger charge is -2.52. The lowest BCUT2D eigenvalue weighted by molar-refractivity contribution is -0.0965. The van der Waals surface area contributed by atoms with Crippen LogP contribution in [-0.2, 0) is 18.0 Å². The molecule has 3 N–H and O–H groups in total. The van der Waals surface area contributed by atoms with Crippen LogP contribution in [0.5, 0.6) is 0 Å². The second-order valence-electron chi connectivity index (χ2n) is 8.42. The van der Waals surface area contributed by atoms with Crippen molar-refractivity contribution in [3.05, 3.63) is 34.9 Å². The van der Waals surface area contributed by atoms with Crippen LogP contribution < -0.4 is 0 Å². The summed E-state index contributed by atoms with van der Waals surface area (Å²) in [7, 11) is 0. The van der Waals surface area contributed by atoms with Gasteiger partial charge in [0.05, 0.1) is 38.6 Å². The van der Waals surface area contributed by atoms with Gasteiger partial charge in [-0.25, -0.2) is 0 Å². The highest BCUT2D eigenvalue weighted by Gasteiger charge is 2.47. The quantitative estimate of drug-likeness (QED) is 0.687. The third-order valence-corrected chi connectivity index (χ3v) is 6.76. The Bertz CT molecular complexity index is 723. The summed E-state index contributed by atoms with van der Waals surface area (Å²) >= 11 is 0. The normalized spacial score (nSPS) is 28.1. The third kappa shape index (κ3) is 3.46. The Morgan fingerprint density at radius 3 is 2.82 bits per heavy atom. The molecule has 3 aliphatic rings. The van der Waals surface area contributed by atoms with Crippen LogP contribution in [-0.4, -0.2) is 82.6 Å². The van der Waals surface area contributed by atoms with E-state index in [9.17, 15) is 20.1 Å². The maximum Gasteiger partial charge on any atom is 0.254 e. The fraction of sp³-hybridized carbons (Fsp3) is 0.667. The minimum atomic E-state index is -0.484. The molecule has 3 aliphatic heterocycles. The highest BCUT2D eigenvalue weighted by atomic mass is 16.5. The number of aliphatic hydroxyl groups is 3. The minimum Gasteiger partial charge on any atom is -0.395 e. The van der Waals surface area contributed by atoms with Gasteiger partial charge in [0.1, 0.15) is 0 Å². The molecular formula is C21H30N2O5. The van der Waals surface area contributed by atoms with Crippen LogP contribution in [0.25, 0.3) is 0 Å². The molecule has 28 heavy (non-hydrogen) atoms. The van der Waals surface area contributed by atoms with Crippen molar-refractivity contribution < 1.29 is 24.9 Å². The van der Waals surface area contributed by atoms with Crippen molar-refractivity contribution in [1.82, 2.24) is 9.80 Å². The summed E-state index contributed by atoms with van der Waals surface area (Å²) in [6.07, 6.45) is 1.79. The number of nitrogens with zero attached hydrogens (tertiary/aromatic N) is 2. The maximum atomic E-state index is 13.3. The summed E-state index contributed by atoms with van der Waals surface area (Å²) < 4.78 is 5.52. The van der Waals surface area contributed by atoms with Crippen molar-refractivity contribution in [2.45, 2.75) is 44.6 Å². The lowest BCUT2D eigenvalue weighted by Crippen LogP contribution is -2.62. The predicted octanol–water partition coefficient (Wildman–Crippen LogP) is 0.359. The fourth-order valence-electron chi connectivity index (χ4n) is 5.09. The van der Waals surface area contributed by atoms with E-state index in [-0.39, 0.29) is 25.2 Å². The molecule has 2 fully saturated rings. The Labute approximate surface area is 165 Å². The molecule has 0 aliphatic carbocycles. The number of carbonyl (C=O) groups excluding carboxylic acids is 1.